The summed E-state index contributed by atoms with van der Waals surface area (Å²) in [7, 11) is 3.19. The Kier molecular flexibility index (Phi) is 9.35. The van der Waals surface area contributed by atoms with Crippen LogP contribution in [-0.2, 0) is 16.1 Å². The van der Waals surface area contributed by atoms with E-state index in [2.05, 4.69) is 5.32 Å². The average molecular weight is 435 g/mol. The summed E-state index contributed by atoms with van der Waals surface area (Å²) in [5.41, 5.74) is 0.949. The third kappa shape index (κ3) is 7.29. The Morgan fingerprint density at radius 3 is 2.38 bits per heavy atom. The highest BCUT2D eigenvalue weighted by atomic mass is 35.5. The molecule has 0 saturated carbocycles. The second-order valence-corrected chi connectivity index (χ2v) is 8.17. The van der Waals surface area contributed by atoms with Gasteiger partial charge in [-0.05, 0) is 61.1 Å². The number of ether oxygens (including phenoxy) is 1. The number of methoxy groups -OCH3 is 1. The molecular weight excluding hydrogens is 408 g/mol. The Bertz CT molecular complexity index is 797. The molecule has 0 aliphatic heterocycles. The first-order chi connectivity index (χ1) is 13.9. The van der Waals surface area contributed by atoms with E-state index < -0.39 is 6.04 Å². The second kappa shape index (κ2) is 11.7. The van der Waals surface area contributed by atoms with Crippen LogP contribution in [0.15, 0.2) is 53.4 Å². The Morgan fingerprint density at radius 1 is 1.14 bits per heavy atom. The second-order valence-electron chi connectivity index (χ2n) is 6.57. The van der Waals surface area contributed by atoms with Crippen LogP contribution in [0.25, 0.3) is 0 Å². The van der Waals surface area contributed by atoms with Crippen LogP contribution in [0.5, 0.6) is 5.75 Å². The molecule has 0 aliphatic rings. The first kappa shape index (κ1) is 23.1. The van der Waals surface area contributed by atoms with Crippen molar-refractivity contribution in [1.82, 2.24) is 10.2 Å². The van der Waals surface area contributed by atoms with Crippen LogP contribution in [0.3, 0.4) is 0 Å². The number of likely N-dealkylation sites (N-methyl/N-ethyl adjacent to an activating group) is 1. The minimum Gasteiger partial charge on any atom is -0.497 e. The smallest absolute Gasteiger partial charge is 0.242 e. The summed E-state index contributed by atoms with van der Waals surface area (Å²) < 4.78 is 5.18. The topological polar surface area (TPSA) is 58.6 Å². The molecule has 2 amide bonds. The van der Waals surface area contributed by atoms with Crippen molar-refractivity contribution in [2.24, 2.45) is 0 Å². The highest BCUT2D eigenvalue weighted by Crippen LogP contribution is 2.22. The number of carbonyl (C=O) groups is 2. The molecule has 0 aromatic heterocycles. The van der Waals surface area contributed by atoms with Gasteiger partial charge in [-0.1, -0.05) is 23.7 Å². The van der Waals surface area contributed by atoms with E-state index in [9.17, 15) is 9.59 Å². The summed E-state index contributed by atoms with van der Waals surface area (Å²) in [4.78, 5) is 27.8. The Labute approximate surface area is 181 Å². The van der Waals surface area contributed by atoms with Crippen LogP contribution in [0.4, 0.5) is 0 Å². The molecule has 2 aromatic carbocycles. The van der Waals surface area contributed by atoms with Crippen molar-refractivity contribution in [1.29, 1.82) is 0 Å². The molecule has 0 spiro atoms. The lowest BCUT2D eigenvalue weighted by atomic mass is 10.1. The van der Waals surface area contributed by atoms with Crippen molar-refractivity contribution in [3.63, 3.8) is 0 Å². The van der Waals surface area contributed by atoms with Gasteiger partial charge >= 0.3 is 0 Å². The van der Waals surface area contributed by atoms with Crippen molar-refractivity contribution in [3.8, 4) is 5.75 Å². The molecule has 0 unspecified atom stereocenters. The van der Waals surface area contributed by atoms with Crippen molar-refractivity contribution in [2.75, 3.05) is 19.9 Å². The van der Waals surface area contributed by atoms with Crippen LogP contribution in [0.1, 0.15) is 25.3 Å². The molecule has 0 fully saturated rings. The lowest BCUT2D eigenvalue weighted by Crippen LogP contribution is -2.46. The molecule has 1 atom stereocenters. The molecule has 7 heteroatoms. The third-order valence-electron chi connectivity index (χ3n) is 4.54. The zero-order valence-electron chi connectivity index (χ0n) is 17.0. The van der Waals surface area contributed by atoms with Crippen LogP contribution < -0.4 is 10.1 Å². The molecule has 5 nitrogen and oxygen atoms in total. The summed E-state index contributed by atoms with van der Waals surface area (Å²) in [5, 5.41) is 3.34. The maximum Gasteiger partial charge on any atom is 0.242 e. The molecule has 1 N–H and O–H groups in total. The van der Waals surface area contributed by atoms with Gasteiger partial charge in [-0.25, -0.2) is 0 Å². The number of rotatable bonds is 10. The minimum atomic E-state index is -0.543. The predicted octanol–water partition coefficient (Wildman–Crippen LogP) is 4.38. The molecule has 2 aromatic rings. The number of thioether (sulfide) groups is 1. The molecular formula is C22H27ClN2O3S. The van der Waals surface area contributed by atoms with Gasteiger partial charge in [0.05, 0.1) is 7.11 Å². The third-order valence-corrected chi connectivity index (χ3v) is 5.89. The standard InChI is InChI=1S/C22H27ClN2O3S/c1-16(22(27)24-2)25(15-17-6-10-19(28-3)11-7-17)21(26)5-4-14-29-20-12-8-18(23)9-13-20/h6-13,16H,4-5,14-15H2,1-3H3,(H,24,27)/t16-/m0/s1. The lowest BCUT2D eigenvalue weighted by Gasteiger charge is -2.28. The number of halogens is 1. The highest BCUT2D eigenvalue weighted by Gasteiger charge is 2.25. The van der Waals surface area contributed by atoms with Gasteiger partial charge in [-0.15, -0.1) is 11.8 Å². The van der Waals surface area contributed by atoms with E-state index in [0.29, 0.717) is 18.0 Å². The number of amides is 2. The number of nitrogens with one attached hydrogen (secondary N) is 1. The first-order valence-electron chi connectivity index (χ1n) is 9.47. The Hall–Kier alpha value is -2.18. The van der Waals surface area contributed by atoms with E-state index in [4.69, 9.17) is 16.3 Å². The van der Waals surface area contributed by atoms with Gasteiger partial charge in [-0.3, -0.25) is 9.59 Å². The number of hydrogen-bond donors (Lipinski definition) is 1. The van der Waals surface area contributed by atoms with E-state index in [-0.39, 0.29) is 11.8 Å². The summed E-state index contributed by atoms with van der Waals surface area (Å²) >= 11 is 7.59. The van der Waals surface area contributed by atoms with Crippen LogP contribution >= 0.6 is 23.4 Å². The summed E-state index contributed by atoms with van der Waals surface area (Å²) in [5.74, 6) is 1.36. The van der Waals surface area contributed by atoms with Crippen molar-refractivity contribution in [2.45, 2.75) is 37.2 Å². The number of carbonyl (C=O) groups excluding carboxylic acids is 2. The van der Waals surface area contributed by atoms with Crippen LogP contribution in [-0.4, -0.2) is 42.7 Å². The number of hydrogen-bond acceptors (Lipinski definition) is 4. The SMILES string of the molecule is CNC(=O)[C@H](C)N(Cc1ccc(OC)cc1)C(=O)CCCSc1ccc(Cl)cc1. The van der Waals surface area contributed by atoms with E-state index in [1.54, 1.807) is 37.7 Å². The quantitative estimate of drug-likeness (QED) is 0.445. The van der Waals surface area contributed by atoms with Crippen molar-refractivity contribution < 1.29 is 14.3 Å². The van der Waals surface area contributed by atoms with Gasteiger partial charge < -0.3 is 15.0 Å². The fraction of sp³-hybridized carbons (Fsp3) is 0.364. The predicted molar refractivity (Wildman–Crippen MR) is 118 cm³/mol. The molecule has 0 saturated heterocycles. The van der Waals surface area contributed by atoms with E-state index in [1.807, 2.05) is 48.5 Å². The molecule has 2 rings (SSSR count). The van der Waals surface area contributed by atoms with Crippen molar-refractivity contribution >= 4 is 35.2 Å². The number of nitrogens with zero attached hydrogens (tertiary/aromatic N) is 1. The van der Waals surface area contributed by atoms with E-state index >= 15 is 0 Å². The van der Waals surface area contributed by atoms with Gasteiger partial charge in [0, 0.05) is 29.9 Å². The average Bonchev–Trinajstić information content (AvgIpc) is 2.75. The van der Waals surface area contributed by atoms with Crippen molar-refractivity contribution in [3.05, 3.63) is 59.1 Å². The summed E-state index contributed by atoms with van der Waals surface area (Å²) in [6, 6.07) is 14.6. The van der Waals surface area contributed by atoms with Gasteiger partial charge in [0.2, 0.25) is 11.8 Å². The zero-order chi connectivity index (χ0) is 21.2. The van der Waals surface area contributed by atoms with Gasteiger partial charge in [0.1, 0.15) is 11.8 Å². The van der Waals surface area contributed by atoms with Gasteiger partial charge in [0.25, 0.3) is 0 Å². The Balaban J connectivity index is 1.95. The zero-order valence-corrected chi connectivity index (χ0v) is 18.6. The van der Waals surface area contributed by atoms with Crippen LogP contribution in [0.2, 0.25) is 5.02 Å². The Morgan fingerprint density at radius 2 is 1.79 bits per heavy atom. The molecule has 29 heavy (non-hydrogen) atoms. The maximum absolute atomic E-state index is 12.9. The normalized spacial score (nSPS) is 11.6. The molecule has 156 valence electrons. The molecule has 0 aliphatic carbocycles. The molecule has 0 bridgehead atoms. The monoisotopic (exact) mass is 434 g/mol. The minimum absolute atomic E-state index is 0.0337. The van der Waals surface area contributed by atoms with Gasteiger partial charge in [-0.2, -0.15) is 0 Å². The highest BCUT2D eigenvalue weighted by molar-refractivity contribution is 7.99. The lowest BCUT2D eigenvalue weighted by molar-refractivity contribution is -0.140. The fourth-order valence-corrected chi connectivity index (χ4v) is 3.79. The van der Waals surface area contributed by atoms with E-state index in [1.165, 1.54) is 0 Å². The first-order valence-corrected chi connectivity index (χ1v) is 10.8. The maximum atomic E-state index is 12.9. The summed E-state index contributed by atoms with van der Waals surface area (Å²) in [6.45, 7) is 2.13. The number of benzene rings is 2. The van der Waals surface area contributed by atoms with Crippen LogP contribution in [0, 0.1) is 0 Å². The summed E-state index contributed by atoms with van der Waals surface area (Å²) in [6.07, 6.45) is 1.11. The molecule has 0 heterocycles. The van der Waals surface area contributed by atoms with E-state index in [0.717, 1.165) is 28.4 Å². The largest absolute Gasteiger partial charge is 0.497 e. The molecule has 0 radical (unpaired) electrons. The van der Waals surface area contributed by atoms with Gasteiger partial charge in [0.15, 0.2) is 0 Å². The fourth-order valence-electron chi connectivity index (χ4n) is 2.81.